The molecule has 0 aliphatic heterocycles. The van der Waals surface area contributed by atoms with E-state index < -0.39 is 0 Å². The van der Waals surface area contributed by atoms with Gasteiger partial charge in [-0.1, -0.05) is 24.3 Å². The molecule has 0 aliphatic carbocycles. The fourth-order valence-electron chi connectivity index (χ4n) is 3.86. The number of hydrogen-bond acceptors (Lipinski definition) is 4. The van der Waals surface area contributed by atoms with Gasteiger partial charge >= 0.3 is 0 Å². The Morgan fingerprint density at radius 3 is 2.90 bits per heavy atom. The van der Waals surface area contributed by atoms with Crippen LogP contribution in [0.2, 0.25) is 0 Å². The van der Waals surface area contributed by atoms with E-state index in [1.807, 2.05) is 60.8 Å². The van der Waals surface area contributed by atoms with E-state index in [1.165, 1.54) is 0 Å². The average molecular weight is 384 g/mol. The summed E-state index contributed by atoms with van der Waals surface area (Å²) in [6.45, 7) is 4.03. The molecule has 0 saturated carbocycles. The third kappa shape index (κ3) is 2.91. The van der Waals surface area contributed by atoms with Crippen molar-refractivity contribution in [3.05, 3.63) is 65.6 Å². The van der Waals surface area contributed by atoms with Crippen LogP contribution in [0.5, 0.6) is 0 Å². The summed E-state index contributed by atoms with van der Waals surface area (Å²) < 4.78 is 1.89. The number of hydrogen-bond donors (Lipinski definition) is 2. The maximum absolute atomic E-state index is 12.6. The van der Waals surface area contributed by atoms with Gasteiger partial charge in [0.15, 0.2) is 5.65 Å². The van der Waals surface area contributed by atoms with Crippen LogP contribution in [0.4, 0.5) is 5.69 Å². The quantitative estimate of drug-likeness (QED) is 0.491. The number of carbonyl (C=O) groups excluding carboxylic acids is 1. The Morgan fingerprint density at radius 2 is 2.00 bits per heavy atom. The Morgan fingerprint density at radius 1 is 1.14 bits per heavy atom. The highest BCUT2D eigenvalue weighted by atomic mass is 16.1. The molecule has 0 aliphatic rings. The number of aromatic amines is 1. The monoisotopic (exact) mass is 384 g/mol. The van der Waals surface area contributed by atoms with E-state index in [0.717, 1.165) is 50.1 Å². The van der Waals surface area contributed by atoms with Crippen molar-refractivity contribution in [3.63, 3.8) is 0 Å². The van der Waals surface area contributed by atoms with E-state index in [-0.39, 0.29) is 5.91 Å². The molecule has 29 heavy (non-hydrogen) atoms. The fraction of sp³-hybridized carbons (Fsp3) is 0.182. The first-order valence-corrected chi connectivity index (χ1v) is 9.57. The smallest absolute Gasteiger partial charge is 0.224 e. The summed E-state index contributed by atoms with van der Waals surface area (Å²) in [5.41, 5.74) is 6.36. The molecule has 0 atom stereocenters. The first-order valence-electron chi connectivity index (χ1n) is 9.57. The molecule has 3 heterocycles. The lowest BCUT2D eigenvalue weighted by Gasteiger charge is -2.11. The molecule has 2 N–H and O–H groups in total. The van der Waals surface area contributed by atoms with Crippen LogP contribution in [0, 0.1) is 13.8 Å². The Bertz CT molecular complexity index is 1380. The summed E-state index contributed by atoms with van der Waals surface area (Å²) in [5, 5.41) is 16.6. The number of amides is 1. The lowest BCUT2D eigenvalue weighted by molar-refractivity contribution is -0.116. The molecule has 1 amide bonds. The molecule has 5 aromatic rings. The maximum Gasteiger partial charge on any atom is 0.224 e. The number of fused-ring (bicyclic) bond motifs is 4. The molecule has 2 aromatic carbocycles. The number of benzene rings is 2. The second-order valence-electron chi connectivity index (χ2n) is 7.20. The van der Waals surface area contributed by atoms with Crippen LogP contribution in [0.1, 0.15) is 23.4 Å². The normalized spacial score (nSPS) is 11.5. The van der Waals surface area contributed by atoms with E-state index in [2.05, 4.69) is 20.6 Å². The molecule has 7 heteroatoms. The van der Waals surface area contributed by atoms with Crippen LogP contribution in [-0.4, -0.2) is 30.7 Å². The number of carbonyl (C=O) groups is 1. The van der Waals surface area contributed by atoms with Crippen molar-refractivity contribution in [3.8, 4) is 0 Å². The Balaban J connectivity index is 1.41. The van der Waals surface area contributed by atoms with Crippen molar-refractivity contribution in [1.29, 1.82) is 0 Å². The molecule has 0 fully saturated rings. The van der Waals surface area contributed by atoms with Crippen LogP contribution in [0.15, 0.2) is 48.7 Å². The van der Waals surface area contributed by atoms with Crippen molar-refractivity contribution in [2.24, 2.45) is 0 Å². The van der Waals surface area contributed by atoms with E-state index in [9.17, 15) is 4.79 Å². The van der Waals surface area contributed by atoms with Crippen LogP contribution >= 0.6 is 0 Å². The molecule has 0 unspecified atom stereocenters. The van der Waals surface area contributed by atoms with Crippen molar-refractivity contribution in [2.75, 3.05) is 5.32 Å². The van der Waals surface area contributed by atoms with Crippen molar-refractivity contribution >= 4 is 39.0 Å². The lowest BCUT2D eigenvalue weighted by atomic mass is 10.1. The van der Waals surface area contributed by atoms with Crippen LogP contribution in [-0.2, 0) is 11.2 Å². The van der Waals surface area contributed by atoms with Gasteiger partial charge in [0.25, 0.3) is 0 Å². The number of aromatic nitrogens is 5. The fourth-order valence-corrected chi connectivity index (χ4v) is 3.86. The minimum Gasteiger partial charge on any atom is -0.324 e. The minimum absolute atomic E-state index is 0.0448. The van der Waals surface area contributed by atoms with Crippen LogP contribution in [0.3, 0.4) is 0 Å². The van der Waals surface area contributed by atoms with E-state index in [1.54, 1.807) is 6.20 Å². The zero-order valence-corrected chi connectivity index (χ0v) is 16.2. The number of aryl methyl sites for hydroxylation is 2. The Hall–Kier alpha value is -3.74. The van der Waals surface area contributed by atoms with E-state index in [0.29, 0.717) is 12.8 Å². The van der Waals surface area contributed by atoms with Crippen molar-refractivity contribution < 1.29 is 4.79 Å². The van der Waals surface area contributed by atoms with Gasteiger partial charge < -0.3 is 5.32 Å². The van der Waals surface area contributed by atoms with Gasteiger partial charge in [0.2, 0.25) is 5.91 Å². The largest absolute Gasteiger partial charge is 0.324 e. The molecule has 0 spiro atoms. The Kier molecular flexibility index (Phi) is 4.01. The van der Waals surface area contributed by atoms with Gasteiger partial charge in [-0.15, -0.1) is 0 Å². The molecule has 0 bridgehead atoms. The van der Waals surface area contributed by atoms with Crippen molar-refractivity contribution in [1.82, 2.24) is 24.8 Å². The Labute approximate surface area is 166 Å². The minimum atomic E-state index is -0.0448. The highest BCUT2D eigenvalue weighted by molar-refractivity contribution is 6.00. The van der Waals surface area contributed by atoms with Gasteiger partial charge in [0, 0.05) is 28.6 Å². The first kappa shape index (κ1) is 17.4. The summed E-state index contributed by atoms with van der Waals surface area (Å²) >= 11 is 0. The summed E-state index contributed by atoms with van der Waals surface area (Å²) in [6.07, 6.45) is 2.70. The summed E-state index contributed by atoms with van der Waals surface area (Å²) in [5.74, 6) is -0.0448. The second-order valence-corrected chi connectivity index (χ2v) is 7.20. The summed E-state index contributed by atoms with van der Waals surface area (Å²) in [7, 11) is 0. The number of para-hydroxylation sites is 1. The molecule has 7 nitrogen and oxygen atoms in total. The average Bonchev–Trinajstić information content (AvgIpc) is 3.33. The van der Waals surface area contributed by atoms with Gasteiger partial charge in [0.05, 0.1) is 22.9 Å². The van der Waals surface area contributed by atoms with Gasteiger partial charge in [0.1, 0.15) is 0 Å². The maximum atomic E-state index is 12.6. The number of anilines is 1. The van der Waals surface area contributed by atoms with E-state index in [4.69, 9.17) is 4.98 Å². The molecule has 0 saturated heterocycles. The molecular weight excluding hydrogens is 364 g/mol. The number of H-pyrrole nitrogens is 1. The molecule has 3 aromatic heterocycles. The zero-order chi connectivity index (χ0) is 20.0. The zero-order valence-electron chi connectivity index (χ0n) is 16.2. The molecule has 144 valence electrons. The number of rotatable bonds is 4. The number of nitrogens with one attached hydrogen (secondary N) is 2. The van der Waals surface area contributed by atoms with E-state index >= 15 is 0 Å². The summed E-state index contributed by atoms with van der Waals surface area (Å²) in [4.78, 5) is 17.4. The molecule has 0 radical (unpaired) electrons. The van der Waals surface area contributed by atoms with Crippen LogP contribution in [0.25, 0.3) is 27.5 Å². The van der Waals surface area contributed by atoms with Gasteiger partial charge in [-0.3, -0.25) is 9.89 Å². The van der Waals surface area contributed by atoms with Crippen molar-refractivity contribution in [2.45, 2.75) is 26.7 Å². The predicted octanol–water partition coefficient (Wildman–Crippen LogP) is 3.95. The third-order valence-electron chi connectivity index (χ3n) is 5.37. The SMILES string of the molecule is Cc1nc2c3ccccc3nn2c(C)c1CCC(=O)Nc1cccc2cn[nH]c12. The standard InChI is InChI=1S/C22H20N6O/c1-13-16(14(2)28-22(24-13)17-7-3-4-8-18(17)27-28)10-11-20(29)25-19-9-5-6-15-12-23-26-21(15)19/h3-9,12H,10-11H2,1-2H3,(H,23,26)(H,25,29). The predicted molar refractivity (Wildman–Crippen MR) is 113 cm³/mol. The van der Waals surface area contributed by atoms with Crippen LogP contribution < -0.4 is 5.32 Å². The second kappa shape index (κ2) is 6.70. The third-order valence-corrected chi connectivity index (χ3v) is 5.37. The highest BCUT2D eigenvalue weighted by Crippen LogP contribution is 2.24. The van der Waals surface area contributed by atoms with Gasteiger partial charge in [-0.25, -0.2) is 9.50 Å². The number of nitrogens with zero attached hydrogens (tertiary/aromatic N) is 4. The van der Waals surface area contributed by atoms with Gasteiger partial charge in [-0.05, 0) is 44.0 Å². The molecular formula is C22H20N6O. The highest BCUT2D eigenvalue weighted by Gasteiger charge is 2.15. The topological polar surface area (TPSA) is 88.0 Å². The first-order chi connectivity index (χ1) is 14.1. The molecule has 5 rings (SSSR count). The lowest BCUT2D eigenvalue weighted by Crippen LogP contribution is -2.14. The summed E-state index contributed by atoms with van der Waals surface area (Å²) in [6, 6.07) is 13.7. The van der Waals surface area contributed by atoms with Gasteiger partial charge in [-0.2, -0.15) is 10.2 Å².